The molecule has 1 aliphatic rings. The van der Waals surface area contributed by atoms with Gasteiger partial charge < -0.3 is 15.6 Å². The van der Waals surface area contributed by atoms with Gasteiger partial charge in [0.05, 0.1) is 0 Å². The molecule has 0 heterocycles. The number of nitrogens with one attached hydrogen (secondary N) is 1. The Kier molecular flexibility index (Phi) is 4.28. The highest BCUT2D eigenvalue weighted by molar-refractivity contribution is 5.85. The van der Waals surface area contributed by atoms with Gasteiger partial charge in [-0.05, 0) is 39.0 Å². The van der Waals surface area contributed by atoms with Gasteiger partial charge in [-0.15, -0.1) is 0 Å². The maximum absolute atomic E-state index is 13.3. The zero-order valence-corrected chi connectivity index (χ0v) is 13.5. The molecule has 0 atom stereocenters. The third-order valence-corrected chi connectivity index (χ3v) is 3.80. The van der Waals surface area contributed by atoms with Crippen LogP contribution in [0.5, 0.6) is 5.75 Å². The minimum atomic E-state index is -2.78. The Labute approximate surface area is 133 Å². The summed E-state index contributed by atoms with van der Waals surface area (Å²) >= 11 is 0. The van der Waals surface area contributed by atoms with Crippen molar-refractivity contribution in [1.29, 1.82) is 0 Å². The van der Waals surface area contributed by atoms with Crippen LogP contribution >= 0.6 is 0 Å². The first-order valence-electron chi connectivity index (χ1n) is 7.38. The van der Waals surface area contributed by atoms with E-state index in [4.69, 9.17) is 10.5 Å². The Balaban J connectivity index is 2.21. The number of anilines is 1. The van der Waals surface area contributed by atoms with E-state index >= 15 is 0 Å². The molecule has 23 heavy (non-hydrogen) atoms. The van der Waals surface area contributed by atoms with Crippen LogP contribution in [-0.2, 0) is 10.2 Å². The van der Waals surface area contributed by atoms with Crippen LogP contribution in [0, 0.1) is 0 Å². The van der Waals surface area contributed by atoms with Crippen molar-refractivity contribution in [1.82, 2.24) is 0 Å². The van der Waals surface area contributed by atoms with Crippen molar-refractivity contribution >= 4 is 11.8 Å². The standard InChI is InChI=1S/C16H22F2N2O3/c1-14(2,3)23-13(22)20-10-4-5-12(21)11(6-10)15(9-19)7-16(17,18)8-15/h4-6,21H,7-9,19H2,1-3H3,(H,20,22). The van der Waals surface area contributed by atoms with Crippen molar-refractivity contribution in [2.75, 3.05) is 11.9 Å². The summed E-state index contributed by atoms with van der Waals surface area (Å²) in [6.07, 6.45) is -1.49. The lowest BCUT2D eigenvalue weighted by Gasteiger charge is -2.47. The number of benzene rings is 1. The molecule has 128 valence electrons. The fourth-order valence-electron chi connectivity index (χ4n) is 2.84. The zero-order chi connectivity index (χ0) is 17.5. The summed E-state index contributed by atoms with van der Waals surface area (Å²) in [5.41, 5.74) is 4.72. The van der Waals surface area contributed by atoms with Gasteiger partial charge >= 0.3 is 6.09 Å². The number of aromatic hydroxyl groups is 1. The number of hydrogen-bond donors (Lipinski definition) is 3. The van der Waals surface area contributed by atoms with Crippen molar-refractivity contribution < 1.29 is 23.4 Å². The number of phenols is 1. The molecule has 0 unspecified atom stereocenters. The second-order valence-corrected chi connectivity index (χ2v) is 7.05. The predicted molar refractivity (Wildman–Crippen MR) is 82.9 cm³/mol. The van der Waals surface area contributed by atoms with E-state index in [1.807, 2.05) is 0 Å². The molecular formula is C16H22F2N2O3. The molecule has 1 aromatic carbocycles. The molecule has 0 aliphatic heterocycles. The van der Waals surface area contributed by atoms with E-state index < -0.39 is 35.9 Å². The lowest BCUT2D eigenvalue weighted by molar-refractivity contribution is -0.124. The van der Waals surface area contributed by atoms with Gasteiger partial charge in [0, 0.05) is 36.1 Å². The third-order valence-electron chi connectivity index (χ3n) is 3.80. The molecule has 1 aliphatic carbocycles. The topological polar surface area (TPSA) is 84.6 Å². The zero-order valence-electron chi connectivity index (χ0n) is 13.5. The summed E-state index contributed by atoms with van der Waals surface area (Å²) < 4.78 is 31.8. The van der Waals surface area contributed by atoms with E-state index in [1.165, 1.54) is 18.2 Å². The highest BCUT2D eigenvalue weighted by atomic mass is 19.3. The Morgan fingerprint density at radius 3 is 2.48 bits per heavy atom. The molecule has 7 heteroatoms. The Bertz CT molecular complexity index is 604. The Hall–Kier alpha value is -1.89. The first-order valence-corrected chi connectivity index (χ1v) is 7.38. The molecular weight excluding hydrogens is 306 g/mol. The quantitative estimate of drug-likeness (QED) is 0.743. The fraction of sp³-hybridized carbons (Fsp3) is 0.562. The highest BCUT2D eigenvalue weighted by Gasteiger charge is 2.57. The molecule has 0 aromatic heterocycles. The van der Waals surface area contributed by atoms with Gasteiger partial charge in [0.1, 0.15) is 11.4 Å². The maximum atomic E-state index is 13.3. The summed E-state index contributed by atoms with van der Waals surface area (Å²) in [5.74, 6) is -2.89. The van der Waals surface area contributed by atoms with Crippen molar-refractivity contribution in [3.8, 4) is 5.75 Å². The Morgan fingerprint density at radius 2 is 2.00 bits per heavy atom. The number of alkyl halides is 2. The van der Waals surface area contributed by atoms with Crippen LogP contribution in [0.2, 0.25) is 0 Å². The van der Waals surface area contributed by atoms with E-state index in [0.29, 0.717) is 11.3 Å². The molecule has 0 saturated heterocycles. The molecule has 0 radical (unpaired) electrons. The van der Waals surface area contributed by atoms with Crippen LogP contribution in [-0.4, -0.2) is 29.3 Å². The normalized spacial score (nSPS) is 18.9. The minimum Gasteiger partial charge on any atom is -0.508 e. The van der Waals surface area contributed by atoms with Gasteiger partial charge in [0.15, 0.2) is 0 Å². The van der Waals surface area contributed by atoms with Gasteiger partial charge in [0.25, 0.3) is 0 Å². The highest BCUT2D eigenvalue weighted by Crippen LogP contribution is 2.55. The first-order chi connectivity index (χ1) is 10.5. The number of halogens is 2. The number of ether oxygens (including phenoxy) is 1. The van der Waals surface area contributed by atoms with E-state index in [0.717, 1.165) is 0 Å². The van der Waals surface area contributed by atoms with Crippen molar-refractivity contribution in [2.24, 2.45) is 5.73 Å². The lowest BCUT2D eigenvalue weighted by atomic mass is 9.62. The van der Waals surface area contributed by atoms with Crippen LogP contribution < -0.4 is 11.1 Å². The molecule has 1 amide bonds. The first kappa shape index (κ1) is 17.5. The third kappa shape index (κ3) is 3.90. The van der Waals surface area contributed by atoms with Gasteiger partial charge in [-0.2, -0.15) is 0 Å². The Morgan fingerprint density at radius 1 is 1.39 bits per heavy atom. The molecule has 1 aromatic rings. The minimum absolute atomic E-state index is 0.00790. The number of amides is 1. The van der Waals surface area contributed by atoms with Crippen LogP contribution in [0.25, 0.3) is 0 Å². The molecule has 0 bridgehead atoms. The number of carbonyl (C=O) groups excluding carboxylic acids is 1. The van der Waals surface area contributed by atoms with E-state index in [2.05, 4.69) is 5.32 Å². The molecule has 4 N–H and O–H groups in total. The van der Waals surface area contributed by atoms with Crippen molar-refractivity contribution in [3.63, 3.8) is 0 Å². The lowest BCUT2D eigenvalue weighted by Crippen LogP contribution is -2.53. The van der Waals surface area contributed by atoms with Crippen molar-refractivity contribution in [3.05, 3.63) is 23.8 Å². The molecule has 5 nitrogen and oxygen atoms in total. The molecule has 1 fully saturated rings. The smallest absolute Gasteiger partial charge is 0.412 e. The van der Waals surface area contributed by atoms with Crippen LogP contribution in [0.4, 0.5) is 19.3 Å². The van der Waals surface area contributed by atoms with E-state index in [-0.39, 0.29) is 12.3 Å². The number of rotatable bonds is 3. The van der Waals surface area contributed by atoms with Crippen LogP contribution in [0.15, 0.2) is 18.2 Å². The number of nitrogens with two attached hydrogens (primary N) is 1. The molecule has 1 saturated carbocycles. The van der Waals surface area contributed by atoms with E-state index in [1.54, 1.807) is 20.8 Å². The van der Waals surface area contributed by atoms with Gasteiger partial charge in [-0.3, -0.25) is 5.32 Å². The summed E-state index contributed by atoms with van der Waals surface area (Å²) in [4.78, 5) is 11.8. The summed E-state index contributed by atoms with van der Waals surface area (Å²) in [5, 5.41) is 12.5. The SMILES string of the molecule is CC(C)(C)OC(=O)Nc1ccc(O)c(C2(CN)CC(F)(F)C2)c1. The second-order valence-electron chi connectivity index (χ2n) is 7.05. The molecule has 2 rings (SSSR count). The average Bonchev–Trinajstić information content (AvgIpc) is 2.35. The summed E-state index contributed by atoms with van der Waals surface area (Å²) in [6.45, 7) is 5.18. The van der Waals surface area contributed by atoms with Gasteiger partial charge in [-0.1, -0.05) is 0 Å². The largest absolute Gasteiger partial charge is 0.508 e. The maximum Gasteiger partial charge on any atom is 0.412 e. The van der Waals surface area contributed by atoms with Crippen molar-refractivity contribution in [2.45, 2.75) is 50.6 Å². The summed E-state index contributed by atoms with van der Waals surface area (Å²) in [7, 11) is 0. The molecule has 0 spiro atoms. The number of phenolic OH excluding ortho intramolecular Hbond substituents is 1. The monoisotopic (exact) mass is 328 g/mol. The number of hydrogen-bond acceptors (Lipinski definition) is 4. The number of carbonyl (C=O) groups is 1. The fourth-order valence-corrected chi connectivity index (χ4v) is 2.84. The van der Waals surface area contributed by atoms with Crippen LogP contribution in [0.1, 0.15) is 39.2 Å². The predicted octanol–water partition coefficient (Wildman–Crippen LogP) is 3.36. The van der Waals surface area contributed by atoms with E-state index in [9.17, 15) is 18.7 Å². The van der Waals surface area contributed by atoms with Gasteiger partial charge in [-0.25, -0.2) is 13.6 Å². The van der Waals surface area contributed by atoms with Crippen LogP contribution in [0.3, 0.4) is 0 Å². The average molecular weight is 328 g/mol. The second kappa shape index (κ2) is 5.63. The van der Waals surface area contributed by atoms with Gasteiger partial charge in [0.2, 0.25) is 5.92 Å². The summed E-state index contributed by atoms with van der Waals surface area (Å²) in [6, 6.07) is 4.31.